The van der Waals surface area contributed by atoms with E-state index < -0.39 is 0 Å². The maximum absolute atomic E-state index is 5.81. The van der Waals surface area contributed by atoms with Crippen LogP contribution >= 0.6 is 0 Å². The van der Waals surface area contributed by atoms with E-state index in [0.29, 0.717) is 5.88 Å². The van der Waals surface area contributed by atoms with E-state index in [1.165, 1.54) is 0 Å². The van der Waals surface area contributed by atoms with E-state index in [0.717, 1.165) is 22.7 Å². The molecule has 0 unspecified atom stereocenters. The van der Waals surface area contributed by atoms with Crippen LogP contribution in [0.1, 0.15) is 5.69 Å². The minimum absolute atomic E-state index is 0.628. The second-order valence-electron chi connectivity index (χ2n) is 4.11. The van der Waals surface area contributed by atoms with Crippen LogP contribution in [-0.4, -0.2) is 21.9 Å². The van der Waals surface area contributed by atoms with E-state index in [-0.39, 0.29) is 0 Å². The molecule has 19 heavy (non-hydrogen) atoms. The molecule has 5 heteroatoms. The molecule has 0 amide bonds. The zero-order valence-electron chi connectivity index (χ0n) is 10.7. The fourth-order valence-electron chi connectivity index (χ4n) is 1.85. The summed E-state index contributed by atoms with van der Waals surface area (Å²) >= 11 is 0. The summed E-state index contributed by atoms with van der Waals surface area (Å²) in [5.74, 6) is 2.15. The number of pyridine rings is 1. The maximum Gasteiger partial charge on any atom is 0.222 e. The molecule has 0 fully saturated rings. The Labute approximate surface area is 110 Å². The lowest BCUT2D eigenvalue weighted by Gasteiger charge is -2.07. The molecular formula is C14H13N3O2. The zero-order chi connectivity index (χ0) is 13.2. The number of benzene rings is 1. The van der Waals surface area contributed by atoms with Gasteiger partial charge in [-0.1, -0.05) is 11.3 Å². The number of methoxy groups -OCH3 is 1. The molecule has 0 N–H and O–H groups in total. The number of hydrogen-bond acceptors (Lipinski definition) is 4. The summed E-state index contributed by atoms with van der Waals surface area (Å²) in [7, 11) is 1.63. The number of hydrogen-bond donors (Lipinski definition) is 0. The van der Waals surface area contributed by atoms with Gasteiger partial charge in [-0.3, -0.25) is 0 Å². The van der Waals surface area contributed by atoms with E-state index in [1.807, 2.05) is 49.4 Å². The molecule has 5 nitrogen and oxygen atoms in total. The molecule has 0 spiro atoms. The van der Waals surface area contributed by atoms with Crippen LogP contribution in [-0.2, 0) is 0 Å². The molecule has 1 aromatic carbocycles. The molecule has 0 aliphatic heterocycles. The van der Waals surface area contributed by atoms with Crippen molar-refractivity contribution in [3.8, 4) is 17.4 Å². The molecule has 0 aliphatic rings. The van der Waals surface area contributed by atoms with Gasteiger partial charge in [-0.2, -0.15) is 4.52 Å². The van der Waals surface area contributed by atoms with Crippen LogP contribution in [0.4, 0.5) is 0 Å². The largest absolute Gasteiger partial charge is 0.497 e. The minimum atomic E-state index is 0.628. The minimum Gasteiger partial charge on any atom is -0.497 e. The van der Waals surface area contributed by atoms with Crippen molar-refractivity contribution in [3.05, 3.63) is 48.2 Å². The van der Waals surface area contributed by atoms with Crippen molar-refractivity contribution in [1.82, 2.24) is 14.8 Å². The van der Waals surface area contributed by atoms with Crippen LogP contribution in [0, 0.1) is 6.92 Å². The Kier molecular flexibility index (Phi) is 2.79. The first kappa shape index (κ1) is 11.5. The summed E-state index contributed by atoms with van der Waals surface area (Å²) in [4.78, 5) is 0. The van der Waals surface area contributed by atoms with Crippen molar-refractivity contribution in [3.63, 3.8) is 0 Å². The van der Waals surface area contributed by atoms with Crippen LogP contribution < -0.4 is 9.47 Å². The molecule has 96 valence electrons. The lowest BCUT2D eigenvalue weighted by Crippen LogP contribution is -1.95. The Morgan fingerprint density at radius 1 is 1.00 bits per heavy atom. The Morgan fingerprint density at radius 2 is 1.74 bits per heavy atom. The first-order chi connectivity index (χ1) is 9.28. The molecule has 0 radical (unpaired) electrons. The predicted molar refractivity (Wildman–Crippen MR) is 70.8 cm³/mol. The van der Waals surface area contributed by atoms with Gasteiger partial charge in [0.25, 0.3) is 0 Å². The van der Waals surface area contributed by atoms with Crippen molar-refractivity contribution in [2.75, 3.05) is 7.11 Å². The first-order valence-electron chi connectivity index (χ1n) is 5.91. The van der Waals surface area contributed by atoms with Gasteiger partial charge in [0.05, 0.1) is 18.3 Å². The Morgan fingerprint density at radius 3 is 2.47 bits per heavy atom. The summed E-state index contributed by atoms with van der Waals surface area (Å²) < 4.78 is 12.6. The van der Waals surface area contributed by atoms with Crippen LogP contribution in [0.5, 0.6) is 17.4 Å². The topological polar surface area (TPSA) is 48.7 Å². The molecule has 3 rings (SSSR count). The Bertz CT molecular complexity index is 704. The van der Waals surface area contributed by atoms with Crippen LogP contribution in [0.15, 0.2) is 42.5 Å². The van der Waals surface area contributed by atoms with Crippen molar-refractivity contribution < 1.29 is 9.47 Å². The zero-order valence-corrected chi connectivity index (χ0v) is 10.7. The fraction of sp³-hybridized carbons (Fsp3) is 0.143. The second kappa shape index (κ2) is 4.61. The average molecular weight is 255 g/mol. The van der Waals surface area contributed by atoms with Crippen molar-refractivity contribution in [2.24, 2.45) is 0 Å². The lowest BCUT2D eigenvalue weighted by atomic mass is 10.3. The third kappa shape index (κ3) is 2.10. The molecule has 0 bridgehead atoms. The number of aromatic nitrogens is 3. The summed E-state index contributed by atoms with van der Waals surface area (Å²) in [6.07, 6.45) is 0. The van der Waals surface area contributed by atoms with Gasteiger partial charge in [-0.25, -0.2) is 0 Å². The van der Waals surface area contributed by atoms with Gasteiger partial charge >= 0.3 is 0 Å². The highest BCUT2D eigenvalue weighted by Crippen LogP contribution is 2.24. The summed E-state index contributed by atoms with van der Waals surface area (Å²) in [6.45, 7) is 1.92. The molecule has 0 saturated carbocycles. The quantitative estimate of drug-likeness (QED) is 0.722. The van der Waals surface area contributed by atoms with E-state index in [4.69, 9.17) is 9.47 Å². The Hall–Kier alpha value is -2.56. The van der Waals surface area contributed by atoms with E-state index in [9.17, 15) is 0 Å². The van der Waals surface area contributed by atoms with E-state index in [1.54, 1.807) is 11.6 Å². The van der Waals surface area contributed by atoms with Gasteiger partial charge in [-0.15, -0.1) is 5.10 Å². The molecule has 0 atom stereocenters. The Balaban J connectivity index is 1.96. The highest BCUT2D eigenvalue weighted by atomic mass is 16.5. The van der Waals surface area contributed by atoms with Crippen molar-refractivity contribution in [1.29, 1.82) is 0 Å². The van der Waals surface area contributed by atoms with Crippen LogP contribution in [0.25, 0.3) is 5.52 Å². The highest BCUT2D eigenvalue weighted by molar-refractivity contribution is 5.52. The fourth-order valence-corrected chi connectivity index (χ4v) is 1.85. The van der Waals surface area contributed by atoms with Crippen molar-refractivity contribution >= 4 is 5.52 Å². The third-order valence-corrected chi connectivity index (χ3v) is 2.87. The highest BCUT2D eigenvalue weighted by Gasteiger charge is 2.07. The standard InChI is InChI=1S/C14H13N3O2/c1-10-13-4-3-5-14(17(13)16-15-10)19-12-8-6-11(18-2)7-9-12/h3-9H,1-2H3. The summed E-state index contributed by atoms with van der Waals surface area (Å²) in [5, 5.41) is 8.10. The van der Waals surface area contributed by atoms with Gasteiger partial charge in [-0.05, 0) is 37.3 Å². The van der Waals surface area contributed by atoms with Gasteiger partial charge in [0, 0.05) is 6.07 Å². The smallest absolute Gasteiger partial charge is 0.222 e. The van der Waals surface area contributed by atoms with Gasteiger partial charge in [0.2, 0.25) is 5.88 Å². The molecule has 0 saturated heterocycles. The predicted octanol–water partition coefficient (Wildman–Crippen LogP) is 2.84. The molecular weight excluding hydrogens is 242 g/mol. The number of aryl methyl sites for hydroxylation is 1. The number of rotatable bonds is 3. The molecule has 2 aromatic heterocycles. The average Bonchev–Trinajstić information content (AvgIpc) is 2.83. The normalized spacial score (nSPS) is 10.6. The van der Waals surface area contributed by atoms with E-state index >= 15 is 0 Å². The van der Waals surface area contributed by atoms with Gasteiger partial charge in [0.15, 0.2) is 0 Å². The monoisotopic (exact) mass is 255 g/mol. The second-order valence-corrected chi connectivity index (χ2v) is 4.11. The molecule has 2 heterocycles. The number of nitrogens with zero attached hydrogens (tertiary/aromatic N) is 3. The lowest BCUT2D eigenvalue weighted by molar-refractivity contribution is 0.411. The summed E-state index contributed by atoms with van der Waals surface area (Å²) in [5.41, 5.74) is 1.81. The molecule has 3 aromatic rings. The number of ether oxygens (including phenoxy) is 2. The maximum atomic E-state index is 5.81. The van der Waals surface area contributed by atoms with Crippen molar-refractivity contribution in [2.45, 2.75) is 6.92 Å². The summed E-state index contributed by atoms with van der Waals surface area (Å²) in [6, 6.07) is 13.1. The van der Waals surface area contributed by atoms with Crippen LogP contribution in [0.3, 0.4) is 0 Å². The molecule has 0 aliphatic carbocycles. The van der Waals surface area contributed by atoms with E-state index in [2.05, 4.69) is 10.3 Å². The number of fused-ring (bicyclic) bond motifs is 1. The van der Waals surface area contributed by atoms with Crippen LogP contribution in [0.2, 0.25) is 0 Å². The van der Waals surface area contributed by atoms with Gasteiger partial charge < -0.3 is 9.47 Å². The SMILES string of the molecule is COc1ccc(Oc2cccc3c(C)nnn23)cc1. The van der Waals surface area contributed by atoms with Gasteiger partial charge in [0.1, 0.15) is 11.5 Å². The third-order valence-electron chi connectivity index (χ3n) is 2.87. The first-order valence-corrected chi connectivity index (χ1v) is 5.91.